The zero-order chi connectivity index (χ0) is 18.5. The molecule has 0 bridgehead atoms. The number of hydrogen-bond acceptors (Lipinski definition) is 7. The van der Waals surface area contributed by atoms with Crippen molar-refractivity contribution in [2.45, 2.75) is 19.1 Å². The fourth-order valence-corrected chi connectivity index (χ4v) is 2.91. The van der Waals surface area contributed by atoms with E-state index in [1.165, 1.54) is 6.33 Å². The largest absolute Gasteiger partial charge is 0.433 e. The van der Waals surface area contributed by atoms with Gasteiger partial charge >= 0.3 is 6.18 Å². The van der Waals surface area contributed by atoms with Crippen LogP contribution in [0.2, 0.25) is 0 Å². The Kier molecular flexibility index (Phi) is 3.67. The van der Waals surface area contributed by atoms with Crippen LogP contribution in [0.15, 0.2) is 24.8 Å². The lowest BCUT2D eigenvalue weighted by atomic mass is 10.1. The molecule has 0 aromatic carbocycles. The van der Waals surface area contributed by atoms with Crippen LogP contribution in [0.3, 0.4) is 0 Å². The molecule has 4 rings (SSSR count). The number of fused-ring (bicyclic) bond motifs is 1. The van der Waals surface area contributed by atoms with Crippen LogP contribution in [0, 0.1) is 6.92 Å². The molecule has 0 unspecified atom stereocenters. The zero-order valence-corrected chi connectivity index (χ0v) is 14.0. The summed E-state index contributed by atoms with van der Waals surface area (Å²) >= 11 is 0. The lowest BCUT2D eigenvalue weighted by Gasteiger charge is -2.45. The molecular weight excluding hydrogens is 349 g/mol. The molecule has 11 heteroatoms. The van der Waals surface area contributed by atoms with Crippen molar-refractivity contribution < 1.29 is 13.2 Å². The Morgan fingerprint density at radius 3 is 2.62 bits per heavy atom. The van der Waals surface area contributed by atoms with Crippen molar-refractivity contribution >= 4 is 17.4 Å². The molecule has 1 fully saturated rings. The molecule has 8 nitrogen and oxygen atoms in total. The molecule has 0 radical (unpaired) electrons. The second-order valence-corrected chi connectivity index (χ2v) is 6.16. The average Bonchev–Trinajstić information content (AvgIpc) is 3.00. The second-order valence-electron chi connectivity index (χ2n) is 6.16. The van der Waals surface area contributed by atoms with E-state index in [2.05, 4.69) is 25.0 Å². The van der Waals surface area contributed by atoms with Crippen molar-refractivity contribution in [2.75, 3.05) is 29.9 Å². The second kappa shape index (κ2) is 5.78. The van der Waals surface area contributed by atoms with Crippen LogP contribution in [-0.4, -0.2) is 55.7 Å². The Balaban J connectivity index is 1.52. The van der Waals surface area contributed by atoms with Gasteiger partial charge in [-0.05, 0) is 6.92 Å². The predicted molar refractivity (Wildman–Crippen MR) is 87.0 cm³/mol. The molecule has 3 aromatic rings. The van der Waals surface area contributed by atoms with Gasteiger partial charge in [-0.25, -0.2) is 15.0 Å². The fraction of sp³-hybridized carbons (Fsp3) is 0.400. The van der Waals surface area contributed by atoms with E-state index in [4.69, 9.17) is 0 Å². The summed E-state index contributed by atoms with van der Waals surface area (Å²) in [6.45, 7) is 2.96. The molecular formula is C15H15F3N8. The van der Waals surface area contributed by atoms with Crippen LogP contribution in [-0.2, 0) is 6.18 Å². The van der Waals surface area contributed by atoms with E-state index in [1.807, 2.05) is 24.9 Å². The van der Waals surface area contributed by atoms with Gasteiger partial charge in [0, 0.05) is 38.0 Å². The summed E-state index contributed by atoms with van der Waals surface area (Å²) in [5.74, 6) is 1.61. The highest BCUT2D eigenvalue weighted by atomic mass is 19.4. The van der Waals surface area contributed by atoms with Crippen LogP contribution in [0.4, 0.5) is 24.8 Å². The maximum absolute atomic E-state index is 12.8. The summed E-state index contributed by atoms with van der Waals surface area (Å²) in [6.07, 6.45) is -2.10. The van der Waals surface area contributed by atoms with Gasteiger partial charge in [0.15, 0.2) is 0 Å². The number of aromatic nitrogens is 6. The molecule has 26 heavy (non-hydrogen) atoms. The van der Waals surface area contributed by atoms with Gasteiger partial charge < -0.3 is 9.80 Å². The molecule has 0 amide bonds. The third kappa shape index (κ3) is 2.78. The summed E-state index contributed by atoms with van der Waals surface area (Å²) in [5.41, 5.74) is -0.123. The number of rotatable bonds is 3. The monoisotopic (exact) mass is 364 g/mol. The summed E-state index contributed by atoms with van der Waals surface area (Å²) in [6, 6.07) is 2.98. The summed E-state index contributed by atoms with van der Waals surface area (Å²) in [4.78, 5) is 19.5. The molecule has 3 aromatic heterocycles. The number of halogens is 3. The van der Waals surface area contributed by atoms with Gasteiger partial charge in [0.1, 0.15) is 30.0 Å². The number of likely N-dealkylation sites (N-methyl/N-ethyl adjacent to an activating group) is 1. The first-order valence-electron chi connectivity index (χ1n) is 7.87. The molecule has 0 atom stereocenters. The zero-order valence-electron chi connectivity index (χ0n) is 14.0. The summed E-state index contributed by atoms with van der Waals surface area (Å²) < 4.78 is 40.0. The quantitative estimate of drug-likeness (QED) is 0.698. The lowest BCUT2D eigenvalue weighted by molar-refractivity contribution is -0.141. The van der Waals surface area contributed by atoms with E-state index in [-0.39, 0.29) is 11.9 Å². The molecule has 1 aliphatic rings. The molecule has 0 spiro atoms. The maximum atomic E-state index is 12.8. The minimum Gasteiger partial charge on any atom is -0.353 e. The highest BCUT2D eigenvalue weighted by Gasteiger charge is 2.36. The van der Waals surface area contributed by atoms with Gasteiger partial charge in [0.25, 0.3) is 5.78 Å². The maximum Gasteiger partial charge on any atom is 0.433 e. The van der Waals surface area contributed by atoms with E-state index in [9.17, 15) is 13.2 Å². The Morgan fingerprint density at radius 1 is 1.12 bits per heavy atom. The predicted octanol–water partition coefficient (Wildman–Crippen LogP) is 1.57. The van der Waals surface area contributed by atoms with Crippen molar-refractivity contribution in [3.8, 4) is 0 Å². The third-order valence-electron chi connectivity index (χ3n) is 4.40. The Bertz CT molecular complexity index is 947. The lowest BCUT2D eigenvalue weighted by Crippen LogP contribution is -2.59. The molecule has 4 heterocycles. The van der Waals surface area contributed by atoms with Crippen molar-refractivity contribution in [3.05, 3.63) is 36.2 Å². The molecule has 0 N–H and O–H groups in total. The minimum absolute atomic E-state index is 0.105. The van der Waals surface area contributed by atoms with Gasteiger partial charge in [-0.3, -0.25) is 0 Å². The van der Waals surface area contributed by atoms with Gasteiger partial charge in [0.05, 0.1) is 6.04 Å². The van der Waals surface area contributed by atoms with Crippen molar-refractivity contribution in [3.63, 3.8) is 0 Å². The third-order valence-corrected chi connectivity index (χ3v) is 4.40. The van der Waals surface area contributed by atoms with E-state index in [1.54, 1.807) is 9.42 Å². The topological polar surface area (TPSA) is 75.3 Å². The SMILES string of the molecule is Cc1cc(N(C)C2CN(c3cc(C(F)(F)F)ncn3)C2)n2ncnc2n1. The minimum atomic E-state index is -4.48. The summed E-state index contributed by atoms with van der Waals surface area (Å²) in [7, 11) is 1.92. The van der Waals surface area contributed by atoms with Gasteiger partial charge in [-0.1, -0.05) is 0 Å². The average molecular weight is 364 g/mol. The van der Waals surface area contributed by atoms with Gasteiger partial charge in [0.2, 0.25) is 0 Å². The first kappa shape index (κ1) is 16.5. The highest BCUT2D eigenvalue weighted by Crippen LogP contribution is 2.31. The van der Waals surface area contributed by atoms with E-state index in [0.717, 1.165) is 23.9 Å². The number of aryl methyl sites for hydroxylation is 1. The van der Waals surface area contributed by atoms with Crippen molar-refractivity contribution in [2.24, 2.45) is 0 Å². The van der Waals surface area contributed by atoms with Gasteiger partial charge in [-0.2, -0.15) is 27.8 Å². The van der Waals surface area contributed by atoms with Crippen molar-refractivity contribution in [1.29, 1.82) is 0 Å². The molecule has 136 valence electrons. The standard InChI is InChI=1S/C15H15F3N8/c1-9-3-13(26-14(23-9)21-8-22-26)24(2)10-5-25(6-10)12-4-11(15(16,17)18)19-7-20-12/h3-4,7-8,10H,5-6H2,1-2H3. The van der Waals surface area contributed by atoms with Crippen LogP contribution in [0.25, 0.3) is 5.78 Å². The van der Waals surface area contributed by atoms with Gasteiger partial charge in [-0.15, -0.1) is 0 Å². The van der Waals surface area contributed by atoms with Crippen LogP contribution < -0.4 is 9.80 Å². The first-order valence-corrected chi connectivity index (χ1v) is 7.87. The van der Waals surface area contributed by atoms with Crippen LogP contribution >= 0.6 is 0 Å². The van der Waals surface area contributed by atoms with Crippen molar-refractivity contribution in [1.82, 2.24) is 29.5 Å². The van der Waals surface area contributed by atoms with E-state index >= 15 is 0 Å². The van der Waals surface area contributed by atoms with E-state index < -0.39 is 11.9 Å². The summed E-state index contributed by atoms with van der Waals surface area (Å²) in [5, 5.41) is 4.18. The van der Waals surface area contributed by atoms with Crippen LogP contribution in [0.1, 0.15) is 11.4 Å². The Hall–Kier alpha value is -2.98. The van der Waals surface area contributed by atoms with Crippen LogP contribution in [0.5, 0.6) is 0 Å². The molecule has 0 saturated carbocycles. The highest BCUT2D eigenvalue weighted by molar-refractivity contribution is 5.51. The van der Waals surface area contributed by atoms with E-state index in [0.29, 0.717) is 18.9 Å². The molecule has 1 saturated heterocycles. The first-order chi connectivity index (χ1) is 12.3. The Labute approximate surface area is 146 Å². The molecule has 1 aliphatic heterocycles. The number of nitrogens with zero attached hydrogens (tertiary/aromatic N) is 8. The normalized spacial score (nSPS) is 15.3. The number of alkyl halides is 3. The smallest absolute Gasteiger partial charge is 0.353 e. The Morgan fingerprint density at radius 2 is 1.88 bits per heavy atom. The fourth-order valence-electron chi connectivity index (χ4n) is 2.91. The number of anilines is 2. The number of hydrogen-bond donors (Lipinski definition) is 0. The molecule has 0 aliphatic carbocycles.